The Bertz CT molecular complexity index is 1500. The smallest absolute Gasteiger partial charge is 0.321 e. The van der Waals surface area contributed by atoms with Crippen molar-refractivity contribution in [2.45, 2.75) is 17.9 Å². The van der Waals surface area contributed by atoms with Crippen molar-refractivity contribution in [3.63, 3.8) is 0 Å². The minimum Gasteiger partial charge on any atom is -0.480 e. The van der Waals surface area contributed by atoms with Gasteiger partial charge in [0.15, 0.2) is 0 Å². The van der Waals surface area contributed by atoms with Crippen LogP contribution in [0.25, 0.3) is 33.3 Å². The molecule has 9 nitrogen and oxygen atoms in total. The first-order chi connectivity index (χ1) is 16.2. The third kappa shape index (κ3) is 4.63. The molecule has 0 saturated heterocycles. The lowest BCUT2D eigenvalue weighted by Crippen LogP contribution is -2.38. The monoisotopic (exact) mass is 477 g/mol. The number of hydrogen-bond donors (Lipinski definition) is 2. The number of nitro benzene ring substituents is 1. The minimum atomic E-state index is -4.02. The van der Waals surface area contributed by atoms with Crippen molar-refractivity contribution < 1.29 is 23.2 Å². The number of aliphatic carboxylic acids is 1. The third-order valence-electron chi connectivity index (χ3n) is 5.25. The van der Waals surface area contributed by atoms with Crippen LogP contribution in [0.3, 0.4) is 0 Å². The molecular formula is C24H19N3O6S. The van der Waals surface area contributed by atoms with E-state index in [-0.39, 0.29) is 10.6 Å². The maximum absolute atomic E-state index is 12.5. The van der Waals surface area contributed by atoms with Crippen molar-refractivity contribution in [2.75, 3.05) is 0 Å². The van der Waals surface area contributed by atoms with Crippen LogP contribution in [0.5, 0.6) is 0 Å². The molecule has 4 rings (SSSR count). The number of non-ortho nitro benzene ring substituents is 1. The SMILES string of the molecule is C[C@H](NS(=O)(=O)c1ccc(-c2cc(-c3ccccc3)c3cc([N+](=O)[O-])ccc3n2)cc1)C(=O)O. The normalized spacial score (nSPS) is 12.4. The zero-order chi connectivity index (χ0) is 24.5. The molecule has 0 aliphatic heterocycles. The zero-order valence-electron chi connectivity index (χ0n) is 17.9. The summed E-state index contributed by atoms with van der Waals surface area (Å²) < 4.78 is 27.0. The fourth-order valence-electron chi connectivity index (χ4n) is 3.49. The number of fused-ring (bicyclic) bond motifs is 1. The second-order valence-electron chi connectivity index (χ2n) is 7.59. The van der Waals surface area contributed by atoms with Crippen molar-refractivity contribution in [1.82, 2.24) is 9.71 Å². The van der Waals surface area contributed by atoms with E-state index < -0.39 is 27.0 Å². The second kappa shape index (κ2) is 9.00. The second-order valence-corrected chi connectivity index (χ2v) is 9.30. The highest BCUT2D eigenvalue weighted by Gasteiger charge is 2.21. The third-order valence-corrected chi connectivity index (χ3v) is 6.81. The Labute approximate surface area is 194 Å². The van der Waals surface area contributed by atoms with Crippen LogP contribution >= 0.6 is 0 Å². The summed E-state index contributed by atoms with van der Waals surface area (Å²) in [7, 11) is -4.02. The molecule has 0 amide bonds. The van der Waals surface area contributed by atoms with Crippen molar-refractivity contribution in [3.05, 3.63) is 89.0 Å². The average Bonchev–Trinajstić information content (AvgIpc) is 2.83. The van der Waals surface area contributed by atoms with Crippen LogP contribution in [-0.4, -0.2) is 35.4 Å². The lowest BCUT2D eigenvalue weighted by atomic mass is 9.98. The fourth-order valence-corrected chi connectivity index (χ4v) is 4.68. The largest absolute Gasteiger partial charge is 0.480 e. The molecule has 172 valence electrons. The molecule has 0 radical (unpaired) electrons. The predicted octanol–water partition coefficient (Wildman–Crippen LogP) is 4.23. The fraction of sp³-hybridized carbons (Fsp3) is 0.0833. The molecule has 2 N–H and O–H groups in total. The number of hydrogen-bond acceptors (Lipinski definition) is 6. The first-order valence-corrected chi connectivity index (χ1v) is 11.6. The number of benzene rings is 3. The molecule has 1 heterocycles. The number of sulfonamides is 1. The molecular weight excluding hydrogens is 458 g/mol. The molecule has 0 bridgehead atoms. The predicted molar refractivity (Wildman–Crippen MR) is 127 cm³/mol. The lowest BCUT2D eigenvalue weighted by molar-refractivity contribution is -0.384. The molecule has 0 aliphatic rings. The van der Waals surface area contributed by atoms with E-state index in [0.29, 0.717) is 22.2 Å². The van der Waals surface area contributed by atoms with Crippen molar-refractivity contribution >= 4 is 32.6 Å². The molecule has 1 atom stereocenters. The number of nitro groups is 1. The van der Waals surface area contributed by atoms with Crippen LogP contribution in [0.2, 0.25) is 0 Å². The van der Waals surface area contributed by atoms with Crippen LogP contribution in [0.4, 0.5) is 5.69 Å². The van der Waals surface area contributed by atoms with E-state index in [9.17, 15) is 23.3 Å². The van der Waals surface area contributed by atoms with Gasteiger partial charge in [0.1, 0.15) is 6.04 Å². The van der Waals surface area contributed by atoms with E-state index in [0.717, 1.165) is 11.1 Å². The van der Waals surface area contributed by atoms with Gasteiger partial charge in [-0.05, 0) is 42.3 Å². The number of carboxylic acids is 1. The highest BCUT2D eigenvalue weighted by molar-refractivity contribution is 7.89. The van der Waals surface area contributed by atoms with Gasteiger partial charge in [-0.15, -0.1) is 0 Å². The first-order valence-electron chi connectivity index (χ1n) is 10.2. The summed E-state index contributed by atoms with van der Waals surface area (Å²) in [5.41, 5.74) is 3.28. The Hall–Kier alpha value is -4.15. The Kier molecular flexibility index (Phi) is 6.10. The number of pyridine rings is 1. The number of carboxylic acid groups (broad SMARTS) is 1. The van der Waals surface area contributed by atoms with Crippen LogP contribution in [0.15, 0.2) is 83.8 Å². The molecule has 0 aliphatic carbocycles. The van der Waals surface area contributed by atoms with Crippen molar-refractivity contribution in [1.29, 1.82) is 0 Å². The van der Waals surface area contributed by atoms with Gasteiger partial charge in [0.25, 0.3) is 5.69 Å². The molecule has 0 unspecified atom stereocenters. The topological polar surface area (TPSA) is 140 Å². The summed E-state index contributed by atoms with van der Waals surface area (Å²) in [6.07, 6.45) is 0. The Morgan fingerprint density at radius 3 is 2.29 bits per heavy atom. The van der Waals surface area contributed by atoms with Crippen LogP contribution in [0, 0.1) is 10.1 Å². The van der Waals surface area contributed by atoms with Gasteiger partial charge in [-0.3, -0.25) is 14.9 Å². The number of aromatic nitrogens is 1. The van der Waals surface area contributed by atoms with E-state index in [2.05, 4.69) is 9.71 Å². The molecule has 0 saturated carbocycles. The highest BCUT2D eigenvalue weighted by Crippen LogP contribution is 2.34. The Morgan fingerprint density at radius 2 is 1.68 bits per heavy atom. The molecule has 10 heteroatoms. The van der Waals surface area contributed by atoms with Crippen LogP contribution < -0.4 is 4.72 Å². The zero-order valence-corrected chi connectivity index (χ0v) is 18.7. The summed E-state index contributed by atoms with van der Waals surface area (Å²) in [5, 5.41) is 20.9. The van der Waals surface area contributed by atoms with Gasteiger partial charge in [-0.25, -0.2) is 13.4 Å². The van der Waals surface area contributed by atoms with Gasteiger partial charge >= 0.3 is 5.97 Å². The van der Waals surface area contributed by atoms with Gasteiger partial charge in [-0.2, -0.15) is 4.72 Å². The summed E-state index contributed by atoms with van der Waals surface area (Å²) in [6.45, 7) is 1.24. The number of rotatable bonds is 7. The Balaban J connectivity index is 1.80. The van der Waals surface area contributed by atoms with Gasteiger partial charge in [0.2, 0.25) is 10.0 Å². The highest BCUT2D eigenvalue weighted by atomic mass is 32.2. The maximum atomic E-state index is 12.5. The van der Waals surface area contributed by atoms with Crippen LogP contribution in [0.1, 0.15) is 6.92 Å². The summed E-state index contributed by atoms with van der Waals surface area (Å²) in [6, 6.07) is 20.3. The number of nitrogens with zero attached hydrogens (tertiary/aromatic N) is 2. The van der Waals surface area contributed by atoms with E-state index in [1.807, 2.05) is 30.3 Å². The minimum absolute atomic E-state index is 0.0446. The lowest BCUT2D eigenvalue weighted by Gasteiger charge is -2.12. The Morgan fingerprint density at radius 1 is 1.00 bits per heavy atom. The van der Waals surface area contributed by atoms with Gasteiger partial charge in [-0.1, -0.05) is 42.5 Å². The quantitative estimate of drug-likeness (QED) is 0.300. The standard InChI is InChI=1S/C24H19N3O6S/c1-15(24(28)29)26-34(32,33)19-10-7-17(8-11-19)23-14-20(16-5-3-2-4-6-16)21-13-18(27(30)31)9-12-22(21)25-23/h2-15,26H,1H3,(H,28,29)/t15-/m0/s1. The van der Waals surface area contributed by atoms with Crippen molar-refractivity contribution in [2.24, 2.45) is 0 Å². The van der Waals surface area contributed by atoms with E-state index >= 15 is 0 Å². The average molecular weight is 477 g/mol. The van der Waals surface area contributed by atoms with Gasteiger partial charge < -0.3 is 5.11 Å². The molecule has 34 heavy (non-hydrogen) atoms. The summed E-state index contributed by atoms with van der Waals surface area (Å²) in [4.78, 5) is 26.4. The number of carbonyl (C=O) groups is 1. The summed E-state index contributed by atoms with van der Waals surface area (Å²) >= 11 is 0. The van der Waals surface area contributed by atoms with Crippen LogP contribution in [-0.2, 0) is 14.8 Å². The molecule has 0 spiro atoms. The first kappa shape index (κ1) is 23.0. The van der Waals surface area contributed by atoms with Crippen molar-refractivity contribution in [3.8, 4) is 22.4 Å². The maximum Gasteiger partial charge on any atom is 0.321 e. The van der Waals surface area contributed by atoms with E-state index in [1.165, 1.54) is 31.2 Å². The molecule has 3 aromatic carbocycles. The molecule has 4 aromatic rings. The van der Waals surface area contributed by atoms with Gasteiger partial charge in [0.05, 0.1) is 21.0 Å². The van der Waals surface area contributed by atoms with E-state index in [1.54, 1.807) is 24.3 Å². The van der Waals surface area contributed by atoms with Gasteiger partial charge in [0, 0.05) is 23.1 Å². The molecule has 1 aromatic heterocycles. The summed E-state index contributed by atoms with van der Waals surface area (Å²) in [5.74, 6) is -1.28. The van der Waals surface area contributed by atoms with E-state index in [4.69, 9.17) is 5.11 Å². The molecule has 0 fully saturated rings. The number of nitrogens with one attached hydrogen (secondary N) is 1.